The van der Waals surface area contributed by atoms with E-state index < -0.39 is 0 Å². The van der Waals surface area contributed by atoms with Gasteiger partial charge in [-0.1, -0.05) is 6.92 Å². The molecule has 1 aromatic carbocycles. The average molecular weight is 351 g/mol. The third-order valence-electron chi connectivity index (χ3n) is 5.54. The van der Waals surface area contributed by atoms with Gasteiger partial charge in [-0.25, -0.2) is 9.97 Å². The molecule has 138 valence electrons. The van der Waals surface area contributed by atoms with Crippen LogP contribution in [0, 0.1) is 12.8 Å². The molecule has 5 nitrogen and oxygen atoms in total. The molecule has 2 saturated heterocycles. The highest BCUT2D eigenvalue weighted by molar-refractivity contribution is 5.63. The average Bonchev–Trinajstić information content (AvgIpc) is 3.17. The first-order chi connectivity index (χ1) is 12.7. The zero-order chi connectivity index (χ0) is 17.9. The lowest BCUT2D eigenvalue weighted by molar-refractivity contribution is 0.436. The highest BCUT2D eigenvalue weighted by Gasteiger charge is 2.18. The first-order valence-corrected chi connectivity index (χ1v) is 9.90. The number of hydrogen-bond donors (Lipinski definition) is 1. The van der Waals surface area contributed by atoms with Crippen LogP contribution in [0.4, 0.5) is 23.0 Å². The van der Waals surface area contributed by atoms with Crippen LogP contribution in [0.15, 0.2) is 30.3 Å². The Balaban J connectivity index is 1.47. The molecule has 0 aliphatic carbocycles. The number of anilines is 4. The van der Waals surface area contributed by atoms with Gasteiger partial charge >= 0.3 is 0 Å². The molecule has 1 N–H and O–H groups in total. The van der Waals surface area contributed by atoms with Gasteiger partial charge in [-0.3, -0.25) is 0 Å². The molecule has 0 bridgehead atoms. The molecule has 0 amide bonds. The first kappa shape index (κ1) is 17.1. The van der Waals surface area contributed by atoms with Crippen LogP contribution in [0.5, 0.6) is 0 Å². The van der Waals surface area contributed by atoms with Crippen molar-refractivity contribution in [3.05, 3.63) is 36.2 Å². The Morgan fingerprint density at radius 1 is 0.923 bits per heavy atom. The van der Waals surface area contributed by atoms with Crippen LogP contribution in [0.1, 0.15) is 38.4 Å². The fraction of sp³-hybridized carbons (Fsp3) is 0.524. The standard InChI is InChI=1S/C21H29N5/c1-16-9-13-26(14-10-16)21-15-20(22-17(2)23-21)24-18-5-7-19(8-6-18)25-11-3-4-12-25/h5-8,15-16H,3-4,9-14H2,1-2H3,(H,22,23,24). The van der Waals surface area contributed by atoms with E-state index in [9.17, 15) is 0 Å². The lowest BCUT2D eigenvalue weighted by atomic mass is 9.99. The molecule has 0 radical (unpaired) electrons. The summed E-state index contributed by atoms with van der Waals surface area (Å²) < 4.78 is 0. The van der Waals surface area contributed by atoms with Gasteiger partial charge in [-0.05, 0) is 62.8 Å². The van der Waals surface area contributed by atoms with Crippen molar-refractivity contribution in [3.63, 3.8) is 0 Å². The smallest absolute Gasteiger partial charge is 0.136 e. The number of rotatable bonds is 4. The van der Waals surface area contributed by atoms with E-state index in [1.165, 1.54) is 44.5 Å². The van der Waals surface area contributed by atoms with Crippen molar-refractivity contribution in [1.29, 1.82) is 0 Å². The van der Waals surface area contributed by atoms with Gasteiger partial charge in [-0.2, -0.15) is 0 Å². The third-order valence-corrected chi connectivity index (χ3v) is 5.54. The van der Waals surface area contributed by atoms with Crippen LogP contribution in [0.3, 0.4) is 0 Å². The molecular formula is C21H29N5. The second-order valence-electron chi connectivity index (χ2n) is 7.69. The molecule has 4 rings (SSSR count). The second-order valence-corrected chi connectivity index (χ2v) is 7.69. The number of hydrogen-bond acceptors (Lipinski definition) is 5. The summed E-state index contributed by atoms with van der Waals surface area (Å²) in [5, 5.41) is 3.45. The normalized spacial score (nSPS) is 18.4. The van der Waals surface area contributed by atoms with Crippen molar-refractivity contribution in [2.24, 2.45) is 5.92 Å². The SMILES string of the molecule is Cc1nc(Nc2ccc(N3CCCC3)cc2)cc(N2CCC(C)CC2)n1. The van der Waals surface area contributed by atoms with Crippen LogP contribution >= 0.6 is 0 Å². The van der Waals surface area contributed by atoms with Crippen LogP contribution in [0.2, 0.25) is 0 Å². The number of nitrogens with one attached hydrogen (secondary N) is 1. The maximum absolute atomic E-state index is 4.66. The number of aryl methyl sites for hydroxylation is 1. The summed E-state index contributed by atoms with van der Waals surface area (Å²) in [7, 11) is 0. The van der Waals surface area contributed by atoms with Crippen molar-refractivity contribution in [2.75, 3.05) is 41.3 Å². The lowest BCUT2D eigenvalue weighted by Crippen LogP contribution is -2.33. The summed E-state index contributed by atoms with van der Waals surface area (Å²) in [6.07, 6.45) is 5.09. The topological polar surface area (TPSA) is 44.3 Å². The van der Waals surface area contributed by atoms with Crippen molar-refractivity contribution in [2.45, 2.75) is 39.5 Å². The Labute approximate surface area is 156 Å². The summed E-state index contributed by atoms with van der Waals surface area (Å²) >= 11 is 0. The molecule has 5 heteroatoms. The molecule has 26 heavy (non-hydrogen) atoms. The van der Waals surface area contributed by atoms with Crippen LogP contribution in [-0.4, -0.2) is 36.1 Å². The Kier molecular flexibility index (Phi) is 4.96. The van der Waals surface area contributed by atoms with E-state index in [1.807, 2.05) is 6.92 Å². The fourth-order valence-electron chi connectivity index (χ4n) is 3.89. The zero-order valence-corrected chi connectivity index (χ0v) is 15.9. The Morgan fingerprint density at radius 3 is 2.31 bits per heavy atom. The number of nitrogens with zero attached hydrogens (tertiary/aromatic N) is 4. The molecule has 1 aromatic heterocycles. The Morgan fingerprint density at radius 2 is 1.62 bits per heavy atom. The van der Waals surface area contributed by atoms with Gasteiger partial charge in [0.2, 0.25) is 0 Å². The summed E-state index contributed by atoms with van der Waals surface area (Å²) in [4.78, 5) is 14.1. The van der Waals surface area contributed by atoms with E-state index in [4.69, 9.17) is 0 Å². The highest BCUT2D eigenvalue weighted by atomic mass is 15.2. The van der Waals surface area contributed by atoms with E-state index in [0.717, 1.165) is 42.2 Å². The largest absolute Gasteiger partial charge is 0.372 e. The number of piperidine rings is 1. The quantitative estimate of drug-likeness (QED) is 0.886. The predicted octanol–water partition coefficient (Wildman–Crippen LogP) is 4.37. The van der Waals surface area contributed by atoms with Crippen LogP contribution in [-0.2, 0) is 0 Å². The molecule has 2 fully saturated rings. The van der Waals surface area contributed by atoms with Crippen molar-refractivity contribution in [1.82, 2.24) is 9.97 Å². The van der Waals surface area contributed by atoms with Gasteiger partial charge in [0, 0.05) is 43.6 Å². The van der Waals surface area contributed by atoms with E-state index >= 15 is 0 Å². The van der Waals surface area contributed by atoms with Gasteiger partial charge in [0.25, 0.3) is 0 Å². The van der Waals surface area contributed by atoms with Crippen molar-refractivity contribution in [3.8, 4) is 0 Å². The third kappa shape index (κ3) is 3.92. The van der Waals surface area contributed by atoms with Crippen LogP contribution in [0.25, 0.3) is 0 Å². The van der Waals surface area contributed by atoms with Gasteiger partial charge in [0.05, 0.1) is 0 Å². The molecule has 0 spiro atoms. The molecule has 2 aromatic rings. The minimum atomic E-state index is 0.817. The number of aromatic nitrogens is 2. The van der Waals surface area contributed by atoms with Crippen molar-refractivity contribution < 1.29 is 0 Å². The van der Waals surface area contributed by atoms with Crippen molar-refractivity contribution >= 4 is 23.0 Å². The van der Waals surface area contributed by atoms with Crippen LogP contribution < -0.4 is 15.1 Å². The highest BCUT2D eigenvalue weighted by Crippen LogP contribution is 2.26. The van der Waals surface area contributed by atoms with Gasteiger partial charge in [0.1, 0.15) is 17.5 Å². The molecule has 0 atom stereocenters. The summed E-state index contributed by atoms with van der Waals surface area (Å²) in [6.45, 7) is 8.83. The predicted molar refractivity (Wildman–Crippen MR) is 109 cm³/mol. The number of benzene rings is 1. The molecule has 3 heterocycles. The zero-order valence-electron chi connectivity index (χ0n) is 15.9. The van der Waals surface area contributed by atoms with E-state index in [1.54, 1.807) is 0 Å². The summed E-state index contributed by atoms with van der Waals surface area (Å²) in [6, 6.07) is 10.8. The van der Waals surface area contributed by atoms with Gasteiger partial charge in [0.15, 0.2) is 0 Å². The molecule has 0 unspecified atom stereocenters. The molecule has 2 aliphatic heterocycles. The summed E-state index contributed by atoms with van der Waals surface area (Å²) in [5.41, 5.74) is 2.39. The lowest BCUT2D eigenvalue weighted by Gasteiger charge is -2.31. The maximum atomic E-state index is 4.66. The first-order valence-electron chi connectivity index (χ1n) is 9.90. The van der Waals surface area contributed by atoms with E-state index in [2.05, 4.69) is 62.3 Å². The second kappa shape index (κ2) is 7.52. The maximum Gasteiger partial charge on any atom is 0.136 e. The Bertz CT molecular complexity index is 729. The molecular weight excluding hydrogens is 322 g/mol. The minimum Gasteiger partial charge on any atom is -0.372 e. The molecule has 2 aliphatic rings. The van der Waals surface area contributed by atoms with E-state index in [0.29, 0.717) is 0 Å². The van der Waals surface area contributed by atoms with Gasteiger partial charge < -0.3 is 15.1 Å². The minimum absolute atomic E-state index is 0.817. The van der Waals surface area contributed by atoms with Gasteiger partial charge in [-0.15, -0.1) is 0 Å². The summed E-state index contributed by atoms with van der Waals surface area (Å²) in [5.74, 6) is 3.55. The Hall–Kier alpha value is -2.30. The van der Waals surface area contributed by atoms with E-state index in [-0.39, 0.29) is 0 Å². The monoisotopic (exact) mass is 351 g/mol. The molecule has 0 saturated carbocycles. The fourth-order valence-corrected chi connectivity index (χ4v) is 3.89.